The number of aliphatic hydroxyl groups excluding tert-OH is 1. The van der Waals surface area contributed by atoms with Gasteiger partial charge in [-0.1, -0.05) is 65.7 Å². The van der Waals surface area contributed by atoms with E-state index in [9.17, 15) is 14.7 Å². The van der Waals surface area contributed by atoms with E-state index in [2.05, 4.69) is 20.8 Å². The molecule has 8 atom stereocenters. The average Bonchev–Trinajstić information content (AvgIpc) is 3.18. The second-order valence-electron chi connectivity index (χ2n) is 14.2. The molecule has 4 fully saturated rings. The number of amides is 1. The summed E-state index contributed by atoms with van der Waals surface area (Å²) in [5.74, 6) is 4.32. The van der Waals surface area contributed by atoms with Gasteiger partial charge in [-0.15, -0.1) is 0 Å². The second kappa shape index (κ2) is 12.5. The Kier molecular flexibility index (Phi) is 9.84. The number of ketones is 1. The van der Waals surface area contributed by atoms with E-state index in [-0.39, 0.29) is 11.5 Å². The van der Waals surface area contributed by atoms with Gasteiger partial charge in [0.25, 0.3) is 0 Å². The Labute approximate surface area is 227 Å². The molecule has 4 heteroatoms. The van der Waals surface area contributed by atoms with Crippen LogP contribution in [0.2, 0.25) is 0 Å². The number of carbonyl (C=O) groups is 2. The van der Waals surface area contributed by atoms with Crippen molar-refractivity contribution in [2.45, 2.75) is 142 Å². The van der Waals surface area contributed by atoms with E-state index in [1.807, 2.05) is 11.9 Å². The quantitative estimate of drug-likeness (QED) is 0.273. The van der Waals surface area contributed by atoms with E-state index in [0.29, 0.717) is 35.4 Å². The highest BCUT2D eigenvalue weighted by Crippen LogP contribution is 2.67. The molecule has 0 aliphatic heterocycles. The summed E-state index contributed by atoms with van der Waals surface area (Å²) >= 11 is 0. The molecule has 4 nitrogen and oxygen atoms in total. The first-order chi connectivity index (χ1) is 17.7. The van der Waals surface area contributed by atoms with E-state index in [4.69, 9.17) is 0 Å². The summed E-state index contributed by atoms with van der Waals surface area (Å²) < 4.78 is 0. The predicted octanol–water partition coefficient (Wildman–Crippen LogP) is 7.56. The van der Waals surface area contributed by atoms with E-state index < -0.39 is 0 Å². The van der Waals surface area contributed by atoms with Crippen molar-refractivity contribution < 1.29 is 14.7 Å². The van der Waals surface area contributed by atoms with Crippen LogP contribution in [0.4, 0.5) is 0 Å². The highest BCUT2D eigenvalue weighted by Gasteiger charge is 2.62. The Morgan fingerprint density at radius 2 is 1.65 bits per heavy atom. The Balaban J connectivity index is 1.26. The summed E-state index contributed by atoms with van der Waals surface area (Å²) in [4.78, 5) is 26.6. The molecule has 0 heterocycles. The van der Waals surface area contributed by atoms with Gasteiger partial charge in [-0.3, -0.25) is 9.59 Å². The first kappa shape index (κ1) is 29.1. The Hall–Kier alpha value is -0.900. The third-order valence-electron chi connectivity index (χ3n) is 12.1. The Morgan fingerprint density at radius 1 is 0.946 bits per heavy atom. The molecule has 3 unspecified atom stereocenters. The maximum absolute atomic E-state index is 12.5. The lowest BCUT2D eigenvalue weighted by atomic mass is 9.42. The third kappa shape index (κ3) is 6.15. The standard InChI is InChI=1S/C33H57NO3/c1-5-6-21-34(4)30(37)14-12-10-8-7-9-11-13-24-22-25-23-26(35)17-19-32(25,2)28-18-20-33(3)27(31(24)28)15-16-29(33)36/h24-25,27-29,31,36H,5-23H2,1-4H3/t24?,25?,27-,28+,29?,31-,32-,33-/m0/s1. The Morgan fingerprint density at radius 3 is 2.41 bits per heavy atom. The summed E-state index contributed by atoms with van der Waals surface area (Å²) in [6, 6.07) is 0. The van der Waals surface area contributed by atoms with Crippen LogP contribution in [0.5, 0.6) is 0 Å². The molecule has 0 aromatic heterocycles. The molecule has 0 bridgehead atoms. The maximum atomic E-state index is 12.5. The van der Waals surface area contributed by atoms with Crippen molar-refractivity contribution in [3.8, 4) is 0 Å². The van der Waals surface area contributed by atoms with Crippen molar-refractivity contribution >= 4 is 11.7 Å². The topological polar surface area (TPSA) is 57.6 Å². The summed E-state index contributed by atoms with van der Waals surface area (Å²) in [6.07, 6.45) is 20.1. The van der Waals surface area contributed by atoms with Crippen LogP contribution in [0.3, 0.4) is 0 Å². The van der Waals surface area contributed by atoms with Crippen molar-refractivity contribution in [3.05, 3.63) is 0 Å². The zero-order chi connectivity index (χ0) is 26.6. The van der Waals surface area contributed by atoms with Gasteiger partial charge in [0, 0.05) is 32.9 Å². The Bertz CT molecular complexity index is 782. The first-order valence-corrected chi connectivity index (χ1v) is 16.1. The van der Waals surface area contributed by atoms with Crippen molar-refractivity contribution in [1.82, 2.24) is 4.90 Å². The van der Waals surface area contributed by atoms with Crippen LogP contribution in [0.25, 0.3) is 0 Å². The number of unbranched alkanes of at least 4 members (excludes halogenated alkanes) is 6. The lowest BCUT2D eigenvalue weighted by molar-refractivity contribution is -0.156. The first-order valence-electron chi connectivity index (χ1n) is 16.1. The summed E-state index contributed by atoms with van der Waals surface area (Å²) in [5, 5.41) is 10.9. The number of aliphatic hydroxyl groups is 1. The van der Waals surface area contributed by atoms with E-state index in [1.165, 1.54) is 64.2 Å². The van der Waals surface area contributed by atoms with Gasteiger partial charge in [0.05, 0.1) is 6.10 Å². The van der Waals surface area contributed by atoms with E-state index in [0.717, 1.165) is 69.2 Å². The summed E-state index contributed by atoms with van der Waals surface area (Å²) in [5.41, 5.74) is 0.459. The molecule has 1 amide bonds. The molecular weight excluding hydrogens is 458 g/mol. The number of Topliss-reactive ketones (excluding diaryl/α,β-unsaturated/α-hetero) is 1. The lowest BCUT2D eigenvalue weighted by Gasteiger charge is -2.62. The SMILES string of the molecule is CCCCN(C)C(=O)CCCCCCCCC1CC2CC(=O)CC[C@]2(C)[C@@H]2CC[C@]3(C)C(O)CC[C@H]3[C@H]12. The monoisotopic (exact) mass is 515 g/mol. The van der Waals surface area contributed by atoms with Crippen molar-refractivity contribution in [1.29, 1.82) is 0 Å². The van der Waals surface area contributed by atoms with Gasteiger partial charge in [-0.25, -0.2) is 0 Å². The van der Waals surface area contributed by atoms with Gasteiger partial charge in [-0.2, -0.15) is 0 Å². The van der Waals surface area contributed by atoms with Crippen molar-refractivity contribution in [2.75, 3.05) is 13.6 Å². The maximum Gasteiger partial charge on any atom is 0.222 e. The van der Waals surface area contributed by atoms with Crippen LogP contribution in [0, 0.1) is 40.4 Å². The van der Waals surface area contributed by atoms with Gasteiger partial charge < -0.3 is 10.0 Å². The second-order valence-corrected chi connectivity index (χ2v) is 14.2. The van der Waals surface area contributed by atoms with E-state index >= 15 is 0 Å². The minimum absolute atomic E-state index is 0.115. The molecule has 1 N–H and O–H groups in total. The number of fused-ring (bicyclic) bond motifs is 5. The van der Waals surface area contributed by atoms with Crippen LogP contribution < -0.4 is 0 Å². The van der Waals surface area contributed by atoms with Crippen LogP contribution >= 0.6 is 0 Å². The number of nitrogens with zero attached hydrogens (tertiary/aromatic N) is 1. The zero-order valence-electron chi connectivity index (χ0n) is 24.6. The van der Waals surface area contributed by atoms with Crippen molar-refractivity contribution in [3.63, 3.8) is 0 Å². The fraction of sp³-hybridized carbons (Fsp3) is 0.939. The van der Waals surface area contributed by atoms with Gasteiger partial charge >= 0.3 is 0 Å². The smallest absolute Gasteiger partial charge is 0.222 e. The number of hydrogen-bond donors (Lipinski definition) is 1. The highest BCUT2D eigenvalue weighted by molar-refractivity contribution is 5.79. The molecule has 4 saturated carbocycles. The minimum atomic E-state index is -0.115. The molecule has 4 aliphatic carbocycles. The molecule has 0 aromatic rings. The van der Waals surface area contributed by atoms with Crippen LogP contribution in [-0.2, 0) is 9.59 Å². The predicted molar refractivity (Wildman–Crippen MR) is 151 cm³/mol. The largest absolute Gasteiger partial charge is 0.393 e. The number of hydrogen-bond acceptors (Lipinski definition) is 3. The number of rotatable bonds is 12. The van der Waals surface area contributed by atoms with Crippen LogP contribution in [-0.4, -0.2) is 41.4 Å². The molecule has 0 aromatic carbocycles. The van der Waals surface area contributed by atoms with Gasteiger partial charge in [0.15, 0.2) is 0 Å². The third-order valence-corrected chi connectivity index (χ3v) is 12.1. The average molecular weight is 516 g/mol. The molecule has 4 aliphatic rings. The normalized spacial score (nSPS) is 39.1. The summed E-state index contributed by atoms with van der Waals surface area (Å²) in [6.45, 7) is 8.00. The molecule has 4 rings (SSSR count). The zero-order valence-corrected chi connectivity index (χ0v) is 24.6. The van der Waals surface area contributed by atoms with Crippen molar-refractivity contribution in [2.24, 2.45) is 40.4 Å². The fourth-order valence-electron chi connectivity index (χ4n) is 9.59. The lowest BCUT2D eigenvalue weighted by Crippen LogP contribution is -2.57. The fourth-order valence-corrected chi connectivity index (χ4v) is 9.59. The molecule has 212 valence electrons. The molecular formula is C33H57NO3. The summed E-state index contributed by atoms with van der Waals surface area (Å²) in [7, 11) is 1.95. The molecule has 0 spiro atoms. The van der Waals surface area contributed by atoms with Gasteiger partial charge in [0.2, 0.25) is 5.91 Å². The highest BCUT2D eigenvalue weighted by atomic mass is 16.3. The van der Waals surface area contributed by atoms with Crippen LogP contribution in [0.1, 0.15) is 136 Å². The molecule has 37 heavy (non-hydrogen) atoms. The molecule has 0 saturated heterocycles. The van der Waals surface area contributed by atoms with Crippen LogP contribution in [0.15, 0.2) is 0 Å². The minimum Gasteiger partial charge on any atom is -0.393 e. The van der Waals surface area contributed by atoms with E-state index in [1.54, 1.807) is 0 Å². The number of carbonyl (C=O) groups excluding carboxylic acids is 2. The molecule has 0 radical (unpaired) electrons. The van der Waals surface area contributed by atoms with Gasteiger partial charge in [0.1, 0.15) is 5.78 Å². The van der Waals surface area contributed by atoms with Gasteiger partial charge in [-0.05, 0) is 91.8 Å².